The predicted octanol–water partition coefficient (Wildman–Crippen LogP) is 1.32. The molecule has 2 aromatic carbocycles. The first-order valence-electron chi connectivity index (χ1n) is 6.14. The van der Waals surface area contributed by atoms with Crippen LogP contribution in [-0.4, -0.2) is 31.4 Å². The van der Waals surface area contributed by atoms with Gasteiger partial charge in [-0.3, -0.25) is 9.11 Å². The maximum atomic E-state index is 10.4. The van der Waals surface area contributed by atoms with Crippen molar-refractivity contribution in [1.82, 2.24) is 0 Å². The fourth-order valence-electron chi connectivity index (χ4n) is 1.57. The second kappa shape index (κ2) is 9.38. The van der Waals surface area contributed by atoms with Crippen LogP contribution >= 0.6 is 0 Å². The molecule has 0 bridgehead atoms. The summed E-state index contributed by atoms with van der Waals surface area (Å²) >= 11 is 0. The average molecular weight is 362 g/mol. The fraction of sp³-hybridized carbons (Fsp3) is 0.143. The summed E-state index contributed by atoms with van der Waals surface area (Å²) in [6.45, 7) is 0. The van der Waals surface area contributed by atoms with Gasteiger partial charge < -0.3 is 5.48 Å². The second-order valence-corrected chi connectivity index (χ2v) is 7.33. The lowest BCUT2D eigenvalue weighted by molar-refractivity contribution is 0.479. The molecule has 0 radical (unpaired) electrons. The summed E-state index contributed by atoms with van der Waals surface area (Å²) in [7, 11) is -7.75. The van der Waals surface area contributed by atoms with Gasteiger partial charge in [0.1, 0.15) is 11.5 Å². The topological polar surface area (TPSA) is 140 Å². The molecule has 2 aromatic rings. The highest BCUT2D eigenvalue weighted by atomic mass is 32.2. The lowest BCUT2D eigenvalue weighted by atomic mass is 10.2. The van der Waals surface area contributed by atoms with Crippen molar-refractivity contribution in [3.8, 4) is 0 Å². The molecule has 0 aromatic heterocycles. The molecule has 0 spiro atoms. The zero-order valence-corrected chi connectivity index (χ0v) is 13.7. The summed E-state index contributed by atoms with van der Waals surface area (Å²) in [6, 6.07) is 17.0. The van der Waals surface area contributed by atoms with E-state index in [2.05, 4.69) is 0 Å². The Morgan fingerprint density at radius 3 is 1.09 bits per heavy atom. The fourth-order valence-corrected chi connectivity index (χ4v) is 2.80. The maximum absolute atomic E-state index is 10.4. The van der Waals surface area contributed by atoms with Crippen LogP contribution in [0.4, 0.5) is 0 Å². The van der Waals surface area contributed by atoms with Gasteiger partial charge in [0.05, 0.1) is 0 Å². The van der Waals surface area contributed by atoms with Gasteiger partial charge >= 0.3 is 0 Å². The van der Waals surface area contributed by atoms with E-state index in [0.717, 1.165) is 0 Å². The predicted molar refractivity (Wildman–Crippen MR) is 87.0 cm³/mol. The van der Waals surface area contributed by atoms with Crippen molar-refractivity contribution in [2.24, 2.45) is 0 Å². The van der Waals surface area contributed by atoms with Gasteiger partial charge in [-0.15, -0.1) is 0 Å². The first-order valence-corrected chi connectivity index (χ1v) is 9.36. The average Bonchev–Trinajstić information content (AvgIpc) is 2.38. The molecule has 0 saturated heterocycles. The van der Waals surface area contributed by atoms with E-state index >= 15 is 0 Å². The van der Waals surface area contributed by atoms with Gasteiger partial charge in [0.15, 0.2) is 0 Å². The molecule has 0 amide bonds. The summed E-state index contributed by atoms with van der Waals surface area (Å²) in [5.41, 5.74) is 1.19. The summed E-state index contributed by atoms with van der Waals surface area (Å²) in [4.78, 5) is 0. The standard InChI is InChI=1S/2C7H8O3S.H2O/c2*8-11(9,10)6-7-4-2-1-3-5-7;/h2*1-5H,6H2,(H,8,9,10);1H2. The molecule has 4 N–H and O–H groups in total. The SMILES string of the molecule is O.O=S(=O)(O)Cc1ccccc1.O=S(=O)(O)Cc1ccccc1. The van der Waals surface area contributed by atoms with Gasteiger partial charge in [-0.2, -0.15) is 16.8 Å². The molecule has 0 fully saturated rings. The van der Waals surface area contributed by atoms with Gasteiger partial charge in [-0.1, -0.05) is 60.7 Å². The van der Waals surface area contributed by atoms with E-state index in [-0.39, 0.29) is 17.0 Å². The summed E-state index contributed by atoms with van der Waals surface area (Å²) in [5.74, 6) is -0.623. The Morgan fingerprint density at radius 2 is 0.870 bits per heavy atom. The third-order valence-corrected chi connectivity index (χ3v) is 3.78. The Hall–Kier alpha value is -1.78. The Balaban J connectivity index is 0.000000403. The van der Waals surface area contributed by atoms with Gasteiger partial charge in [-0.25, -0.2) is 0 Å². The second-order valence-electron chi connectivity index (χ2n) is 4.42. The van der Waals surface area contributed by atoms with E-state index < -0.39 is 20.2 Å². The van der Waals surface area contributed by atoms with Crippen molar-refractivity contribution in [2.45, 2.75) is 11.5 Å². The van der Waals surface area contributed by atoms with Crippen molar-refractivity contribution in [2.75, 3.05) is 0 Å². The molecular formula is C14H18O7S2. The largest absolute Gasteiger partial charge is 0.412 e. The maximum Gasteiger partial charge on any atom is 0.269 e. The van der Waals surface area contributed by atoms with E-state index in [1.165, 1.54) is 0 Å². The zero-order chi connectivity index (χ0) is 16.6. The highest BCUT2D eigenvalue weighted by Gasteiger charge is 2.05. The monoisotopic (exact) mass is 362 g/mol. The number of rotatable bonds is 4. The minimum atomic E-state index is -3.88. The normalized spacial score (nSPS) is 10.9. The summed E-state index contributed by atoms with van der Waals surface area (Å²) < 4.78 is 58.3. The van der Waals surface area contributed by atoms with Crippen LogP contribution in [0.1, 0.15) is 11.1 Å². The Kier molecular flexibility index (Phi) is 8.65. The van der Waals surface area contributed by atoms with Crippen LogP contribution in [-0.2, 0) is 31.7 Å². The van der Waals surface area contributed by atoms with E-state index in [1.807, 2.05) is 0 Å². The molecular weight excluding hydrogens is 344 g/mol. The minimum absolute atomic E-state index is 0. The Morgan fingerprint density at radius 1 is 0.609 bits per heavy atom. The lowest BCUT2D eigenvalue weighted by Gasteiger charge is -1.95. The van der Waals surface area contributed by atoms with Gasteiger partial charge in [-0.05, 0) is 11.1 Å². The van der Waals surface area contributed by atoms with E-state index in [4.69, 9.17) is 9.11 Å². The highest BCUT2D eigenvalue weighted by Crippen LogP contribution is 2.03. The lowest BCUT2D eigenvalue weighted by Crippen LogP contribution is -2.00. The van der Waals surface area contributed by atoms with Gasteiger partial charge in [0, 0.05) is 0 Å². The van der Waals surface area contributed by atoms with Crippen molar-refractivity contribution >= 4 is 20.2 Å². The van der Waals surface area contributed by atoms with Crippen LogP contribution < -0.4 is 0 Å². The summed E-state index contributed by atoms with van der Waals surface area (Å²) in [5, 5.41) is 0. The van der Waals surface area contributed by atoms with Gasteiger partial charge in [0.25, 0.3) is 20.2 Å². The first kappa shape index (κ1) is 21.2. The molecule has 0 unspecified atom stereocenters. The number of hydrogen-bond donors (Lipinski definition) is 2. The molecule has 0 saturated carbocycles. The zero-order valence-electron chi connectivity index (χ0n) is 12.0. The molecule has 0 aliphatic rings. The van der Waals surface area contributed by atoms with E-state index in [1.54, 1.807) is 60.7 Å². The molecule has 23 heavy (non-hydrogen) atoms. The van der Waals surface area contributed by atoms with Crippen LogP contribution in [0.5, 0.6) is 0 Å². The molecule has 9 heteroatoms. The van der Waals surface area contributed by atoms with Crippen LogP contribution in [0.25, 0.3) is 0 Å². The molecule has 0 aliphatic carbocycles. The number of benzene rings is 2. The number of hydrogen-bond acceptors (Lipinski definition) is 4. The Bertz CT molecular complexity index is 701. The summed E-state index contributed by atoms with van der Waals surface area (Å²) in [6.07, 6.45) is 0. The highest BCUT2D eigenvalue weighted by molar-refractivity contribution is 7.85. The molecule has 7 nitrogen and oxygen atoms in total. The smallest absolute Gasteiger partial charge is 0.269 e. The molecule has 128 valence electrons. The molecule has 0 aliphatic heterocycles. The quantitative estimate of drug-likeness (QED) is 0.786. The van der Waals surface area contributed by atoms with Crippen LogP contribution in [0.15, 0.2) is 60.7 Å². The van der Waals surface area contributed by atoms with Crippen molar-refractivity contribution in [3.63, 3.8) is 0 Å². The molecule has 0 heterocycles. The van der Waals surface area contributed by atoms with Crippen molar-refractivity contribution in [3.05, 3.63) is 71.8 Å². The first-order chi connectivity index (χ1) is 10.2. The Labute approximate surface area is 135 Å². The van der Waals surface area contributed by atoms with E-state index in [9.17, 15) is 16.8 Å². The minimum Gasteiger partial charge on any atom is -0.412 e. The van der Waals surface area contributed by atoms with Crippen LogP contribution in [0.2, 0.25) is 0 Å². The van der Waals surface area contributed by atoms with E-state index in [0.29, 0.717) is 11.1 Å². The van der Waals surface area contributed by atoms with Gasteiger partial charge in [0.2, 0.25) is 0 Å². The van der Waals surface area contributed by atoms with Crippen LogP contribution in [0.3, 0.4) is 0 Å². The van der Waals surface area contributed by atoms with Crippen molar-refractivity contribution in [1.29, 1.82) is 0 Å². The van der Waals surface area contributed by atoms with Crippen LogP contribution in [0, 0.1) is 0 Å². The molecule has 2 rings (SSSR count). The van der Waals surface area contributed by atoms with Crippen molar-refractivity contribution < 1.29 is 31.4 Å². The molecule has 0 atom stereocenters. The third-order valence-electron chi connectivity index (χ3n) is 2.38. The third kappa shape index (κ3) is 11.4.